The van der Waals surface area contributed by atoms with Crippen molar-refractivity contribution in [1.82, 2.24) is 0 Å². The molecule has 0 bridgehead atoms. The van der Waals surface area contributed by atoms with E-state index < -0.39 is 0 Å². The lowest BCUT2D eigenvalue weighted by Gasteiger charge is -2.28. The lowest BCUT2D eigenvalue weighted by Crippen LogP contribution is -2.14. The Hall–Kier alpha value is -3.00. The van der Waals surface area contributed by atoms with E-state index in [0.29, 0.717) is 0 Å². The Morgan fingerprint density at radius 2 is 1.43 bits per heavy atom. The molecule has 1 atom stereocenters. The van der Waals surface area contributed by atoms with Gasteiger partial charge in [-0.25, -0.2) is 0 Å². The van der Waals surface area contributed by atoms with E-state index in [-0.39, 0.29) is 11.9 Å². The molecule has 4 rings (SSSR count). The maximum atomic E-state index is 9.54. The van der Waals surface area contributed by atoms with Crippen LogP contribution in [0.5, 0.6) is 11.5 Å². The first-order valence-corrected chi connectivity index (χ1v) is 7.63. The van der Waals surface area contributed by atoms with Crippen molar-refractivity contribution in [3.8, 4) is 11.5 Å². The SMILES string of the molecule is Oc1ccc(C2Oc3ccccc3C=C2c2ccccc2)cc1. The molecule has 1 unspecified atom stereocenters. The van der Waals surface area contributed by atoms with E-state index in [4.69, 9.17) is 4.74 Å². The number of rotatable bonds is 2. The highest BCUT2D eigenvalue weighted by Crippen LogP contribution is 2.42. The minimum absolute atomic E-state index is 0.187. The van der Waals surface area contributed by atoms with Gasteiger partial charge in [0.25, 0.3) is 0 Å². The summed E-state index contributed by atoms with van der Waals surface area (Å²) in [6.45, 7) is 0. The number of aromatic hydroxyl groups is 1. The minimum atomic E-state index is -0.187. The Labute approximate surface area is 135 Å². The molecule has 0 spiro atoms. The van der Waals surface area contributed by atoms with Gasteiger partial charge in [-0.3, -0.25) is 0 Å². The predicted molar refractivity (Wildman–Crippen MR) is 92.2 cm³/mol. The molecule has 2 heteroatoms. The Kier molecular flexibility index (Phi) is 3.35. The summed E-state index contributed by atoms with van der Waals surface area (Å²) in [5.41, 5.74) is 4.36. The maximum absolute atomic E-state index is 9.54. The summed E-state index contributed by atoms with van der Waals surface area (Å²) in [5, 5.41) is 9.54. The van der Waals surface area contributed by atoms with Crippen molar-refractivity contribution in [3.05, 3.63) is 95.6 Å². The van der Waals surface area contributed by atoms with Crippen molar-refractivity contribution in [2.24, 2.45) is 0 Å². The lowest BCUT2D eigenvalue weighted by atomic mass is 9.91. The fraction of sp³-hybridized carbons (Fsp3) is 0.0476. The van der Waals surface area contributed by atoms with Crippen LogP contribution in [-0.2, 0) is 0 Å². The first kappa shape index (κ1) is 13.6. The molecule has 1 N–H and O–H groups in total. The average molecular weight is 300 g/mol. The monoisotopic (exact) mass is 300 g/mol. The summed E-state index contributed by atoms with van der Waals surface area (Å²) in [7, 11) is 0. The van der Waals surface area contributed by atoms with Crippen molar-refractivity contribution in [1.29, 1.82) is 0 Å². The van der Waals surface area contributed by atoms with E-state index in [0.717, 1.165) is 28.0 Å². The smallest absolute Gasteiger partial charge is 0.149 e. The number of ether oxygens (including phenoxy) is 1. The third-order valence-electron chi connectivity index (χ3n) is 4.06. The van der Waals surface area contributed by atoms with Gasteiger partial charge < -0.3 is 9.84 Å². The fourth-order valence-electron chi connectivity index (χ4n) is 2.90. The third-order valence-corrected chi connectivity index (χ3v) is 4.06. The van der Waals surface area contributed by atoms with Crippen LogP contribution in [0.1, 0.15) is 22.8 Å². The average Bonchev–Trinajstić information content (AvgIpc) is 2.62. The number of hydrogen-bond acceptors (Lipinski definition) is 2. The number of phenols is 1. The number of hydrogen-bond donors (Lipinski definition) is 1. The van der Waals surface area contributed by atoms with Crippen LogP contribution in [0, 0.1) is 0 Å². The van der Waals surface area contributed by atoms with Crippen molar-refractivity contribution in [2.75, 3.05) is 0 Å². The summed E-state index contributed by atoms with van der Waals surface area (Å²) in [4.78, 5) is 0. The predicted octanol–water partition coefficient (Wildman–Crippen LogP) is 5.07. The number of para-hydroxylation sites is 1. The zero-order chi connectivity index (χ0) is 15.6. The number of benzene rings is 3. The molecule has 0 amide bonds. The molecule has 0 aromatic heterocycles. The highest BCUT2D eigenvalue weighted by atomic mass is 16.5. The van der Waals surface area contributed by atoms with Gasteiger partial charge in [-0.1, -0.05) is 60.7 Å². The van der Waals surface area contributed by atoms with Gasteiger partial charge in [0.1, 0.15) is 17.6 Å². The second-order valence-electron chi connectivity index (χ2n) is 5.59. The van der Waals surface area contributed by atoms with Crippen molar-refractivity contribution in [2.45, 2.75) is 6.10 Å². The molecular weight excluding hydrogens is 284 g/mol. The first-order valence-electron chi connectivity index (χ1n) is 7.63. The number of phenolic OH excluding ortho intramolecular Hbond substituents is 1. The number of fused-ring (bicyclic) bond motifs is 1. The molecule has 2 nitrogen and oxygen atoms in total. The van der Waals surface area contributed by atoms with E-state index in [1.807, 2.05) is 48.5 Å². The summed E-state index contributed by atoms with van der Waals surface area (Å²) in [6.07, 6.45) is 2.00. The largest absolute Gasteiger partial charge is 0.508 e. The van der Waals surface area contributed by atoms with Crippen molar-refractivity contribution >= 4 is 11.6 Å². The lowest BCUT2D eigenvalue weighted by molar-refractivity contribution is 0.261. The summed E-state index contributed by atoms with van der Waals surface area (Å²) in [5.74, 6) is 1.14. The van der Waals surface area contributed by atoms with Crippen LogP contribution in [0.15, 0.2) is 78.9 Å². The summed E-state index contributed by atoms with van der Waals surface area (Å²) < 4.78 is 6.27. The molecule has 0 aliphatic carbocycles. The van der Waals surface area contributed by atoms with Crippen molar-refractivity contribution in [3.63, 3.8) is 0 Å². The zero-order valence-corrected chi connectivity index (χ0v) is 12.5. The van der Waals surface area contributed by atoms with E-state index in [1.54, 1.807) is 12.1 Å². The zero-order valence-electron chi connectivity index (χ0n) is 12.5. The molecule has 0 saturated carbocycles. The van der Waals surface area contributed by atoms with Gasteiger partial charge in [0.2, 0.25) is 0 Å². The summed E-state index contributed by atoms with van der Waals surface area (Å²) >= 11 is 0. The third kappa shape index (κ3) is 2.59. The Morgan fingerprint density at radius 1 is 0.739 bits per heavy atom. The molecule has 0 radical (unpaired) electrons. The second kappa shape index (κ2) is 5.65. The van der Waals surface area contributed by atoms with E-state index in [2.05, 4.69) is 24.3 Å². The van der Waals surface area contributed by atoms with Gasteiger partial charge in [0, 0.05) is 11.1 Å². The van der Waals surface area contributed by atoms with Gasteiger partial charge in [-0.05, 0) is 35.4 Å². The van der Waals surface area contributed by atoms with Crippen LogP contribution in [-0.4, -0.2) is 5.11 Å². The molecule has 3 aromatic rings. The maximum Gasteiger partial charge on any atom is 0.149 e. The fourth-order valence-corrected chi connectivity index (χ4v) is 2.90. The normalized spacial score (nSPS) is 16.2. The molecule has 1 aliphatic heterocycles. The molecule has 1 aliphatic rings. The molecule has 0 saturated heterocycles. The van der Waals surface area contributed by atoms with E-state index in [9.17, 15) is 5.11 Å². The van der Waals surface area contributed by atoms with Crippen LogP contribution in [0.4, 0.5) is 0 Å². The molecular formula is C21H16O2. The van der Waals surface area contributed by atoms with Crippen LogP contribution in [0.25, 0.3) is 11.6 Å². The first-order chi connectivity index (χ1) is 11.3. The molecule has 112 valence electrons. The minimum Gasteiger partial charge on any atom is -0.508 e. The highest BCUT2D eigenvalue weighted by Gasteiger charge is 2.25. The van der Waals surface area contributed by atoms with Crippen LogP contribution in [0.2, 0.25) is 0 Å². The quantitative estimate of drug-likeness (QED) is 0.716. The van der Waals surface area contributed by atoms with Gasteiger partial charge in [0.15, 0.2) is 0 Å². The molecule has 23 heavy (non-hydrogen) atoms. The topological polar surface area (TPSA) is 29.5 Å². The van der Waals surface area contributed by atoms with E-state index in [1.165, 1.54) is 0 Å². The van der Waals surface area contributed by atoms with Crippen LogP contribution in [0.3, 0.4) is 0 Å². The van der Waals surface area contributed by atoms with Gasteiger partial charge in [0.05, 0.1) is 0 Å². The Balaban J connectivity index is 1.85. The van der Waals surface area contributed by atoms with Gasteiger partial charge >= 0.3 is 0 Å². The van der Waals surface area contributed by atoms with Crippen molar-refractivity contribution < 1.29 is 9.84 Å². The van der Waals surface area contributed by atoms with Gasteiger partial charge in [-0.2, -0.15) is 0 Å². The van der Waals surface area contributed by atoms with E-state index >= 15 is 0 Å². The second-order valence-corrected chi connectivity index (χ2v) is 5.59. The van der Waals surface area contributed by atoms with Crippen LogP contribution >= 0.6 is 0 Å². The van der Waals surface area contributed by atoms with Crippen LogP contribution < -0.4 is 4.74 Å². The highest BCUT2D eigenvalue weighted by molar-refractivity contribution is 5.87. The summed E-state index contributed by atoms with van der Waals surface area (Å²) in [6, 6.07) is 25.5. The molecule has 3 aromatic carbocycles. The van der Waals surface area contributed by atoms with Gasteiger partial charge in [-0.15, -0.1) is 0 Å². The Morgan fingerprint density at radius 3 is 2.22 bits per heavy atom. The molecule has 0 fully saturated rings. The standard InChI is InChI=1S/C21H16O2/c22-18-12-10-16(11-13-18)21-19(15-6-2-1-3-7-15)14-17-8-4-5-9-20(17)23-21/h1-14,21-22H. The molecule has 1 heterocycles. The Bertz CT molecular complexity index is 849.